The van der Waals surface area contributed by atoms with Crippen LogP contribution in [-0.2, 0) is 27.2 Å². The van der Waals surface area contributed by atoms with Crippen molar-refractivity contribution in [2.75, 3.05) is 23.3 Å². The second kappa shape index (κ2) is 25.6. The zero-order valence-corrected chi connectivity index (χ0v) is 41.4. The number of aryl methyl sites for hydroxylation is 2. The van der Waals surface area contributed by atoms with E-state index < -0.39 is 30.0 Å². The van der Waals surface area contributed by atoms with E-state index in [1.54, 1.807) is 30.4 Å². The van der Waals surface area contributed by atoms with Crippen LogP contribution < -0.4 is 20.6 Å². The molecule has 2 N–H and O–H groups in total. The van der Waals surface area contributed by atoms with Gasteiger partial charge in [-0.05, 0) is 92.3 Å². The van der Waals surface area contributed by atoms with Crippen LogP contribution in [-0.4, -0.2) is 47.2 Å². The quantitative estimate of drug-likeness (QED) is 0.0650. The third-order valence-electron chi connectivity index (χ3n) is 13.1. The van der Waals surface area contributed by atoms with Crippen LogP contribution >= 0.6 is 0 Å². The zero-order valence-electron chi connectivity index (χ0n) is 41.4. The first-order valence-corrected chi connectivity index (χ1v) is 25.1. The molecule has 0 radical (unpaired) electrons. The lowest BCUT2D eigenvalue weighted by atomic mass is 9.78. The van der Waals surface area contributed by atoms with Gasteiger partial charge in [0.05, 0.1) is 11.4 Å². The maximum atomic E-state index is 14.4. The van der Waals surface area contributed by atoms with E-state index in [1.807, 2.05) is 18.2 Å². The van der Waals surface area contributed by atoms with Crippen LogP contribution in [0.1, 0.15) is 149 Å². The summed E-state index contributed by atoms with van der Waals surface area (Å²) in [6.45, 7) is 15.7. The molecule has 0 heterocycles. The van der Waals surface area contributed by atoms with Gasteiger partial charge in [0, 0.05) is 77.3 Å². The number of Topliss-reactive ketones (excluding diaryl/α,β-unsaturated/α-hetero) is 1. The number of halogens is 3. The number of carbonyl (C=O) groups excluding carboxylic acids is 3. The summed E-state index contributed by atoms with van der Waals surface area (Å²) in [4.78, 5) is 42.4. The number of carbonyl (C=O) groups is 3. The molecule has 5 rings (SSSR count). The van der Waals surface area contributed by atoms with Crippen LogP contribution in [0.2, 0.25) is 0 Å². The van der Waals surface area contributed by atoms with Gasteiger partial charge in [-0.25, -0.2) is 0 Å². The largest absolute Gasteiger partial charge is 0.871 e. The monoisotopic (exact) mass is 935 g/mol. The van der Waals surface area contributed by atoms with E-state index in [9.17, 15) is 32.7 Å². The summed E-state index contributed by atoms with van der Waals surface area (Å²) in [7, 11) is 0. The molecule has 2 aliphatic rings. The van der Waals surface area contributed by atoms with Gasteiger partial charge in [0.15, 0.2) is 12.3 Å². The van der Waals surface area contributed by atoms with Crippen LogP contribution in [0.4, 0.5) is 35.9 Å². The molecule has 0 aliphatic heterocycles. The molecular weight excluding hydrogens is 862 g/mol. The molecule has 0 bridgehead atoms. The van der Waals surface area contributed by atoms with Gasteiger partial charge in [-0.3, -0.25) is 14.4 Å². The Hall–Kier alpha value is -5.71. The number of benzene rings is 3. The predicted molar refractivity (Wildman–Crippen MR) is 269 cm³/mol. The lowest BCUT2D eigenvalue weighted by Gasteiger charge is -2.35. The molecular formula is C57H73F3N4O4. The fourth-order valence-corrected chi connectivity index (χ4v) is 9.01. The summed E-state index contributed by atoms with van der Waals surface area (Å²) in [6, 6.07) is 22.1. The summed E-state index contributed by atoms with van der Waals surface area (Å²) in [5, 5.41) is 19.7. The highest BCUT2D eigenvalue weighted by Crippen LogP contribution is 2.43. The number of ketones is 1. The van der Waals surface area contributed by atoms with Crippen LogP contribution in [0.25, 0.3) is 5.57 Å². The van der Waals surface area contributed by atoms with Gasteiger partial charge < -0.3 is 20.6 Å². The van der Waals surface area contributed by atoms with Gasteiger partial charge in [-0.15, -0.1) is 0 Å². The third-order valence-corrected chi connectivity index (χ3v) is 13.1. The molecule has 2 aliphatic carbocycles. The molecule has 0 aromatic heterocycles. The molecule has 0 spiro atoms. The van der Waals surface area contributed by atoms with E-state index >= 15 is 0 Å². The van der Waals surface area contributed by atoms with Crippen LogP contribution in [0, 0.1) is 11.8 Å². The molecule has 0 saturated heterocycles. The molecule has 2 unspecified atom stereocenters. The van der Waals surface area contributed by atoms with E-state index in [1.165, 1.54) is 18.1 Å². The number of rotatable bonds is 25. The van der Waals surface area contributed by atoms with E-state index in [2.05, 4.69) is 98.0 Å². The fraction of sp³-hybridized carbons (Fsp3) is 0.474. The first-order valence-electron chi connectivity index (χ1n) is 25.1. The van der Waals surface area contributed by atoms with Crippen molar-refractivity contribution in [1.82, 2.24) is 5.32 Å². The normalized spacial score (nSPS) is 16.6. The minimum atomic E-state index is -4.79. The van der Waals surface area contributed by atoms with E-state index in [0.717, 1.165) is 107 Å². The van der Waals surface area contributed by atoms with Crippen molar-refractivity contribution < 1.29 is 37.2 Å². The van der Waals surface area contributed by atoms with Crippen molar-refractivity contribution >= 4 is 51.6 Å². The van der Waals surface area contributed by atoms with Gasteiger partial charge in [-0.1, -0.05) is 123 Å². The number of alkyl halides is 3. The number of nitrogens with one attached hydrogen (secondary N) is 2. The van der Waals surface area contributed by atoms with Crippen molar-refractivity contribution in [3.63, 3.8) is 0 Å². The molecule has 8 nitrogen and oxygen atoms in total. The molecule has 3 aromatic rings. The highest BCUT2D eigenvalue weighted by molar-refractivity contribution is 6.40. The Balaban J connectivity index is 1.63. The number of anilines is 3. The second-order valence-corrected chi connectivity index (χ2v) is 18.5. The molecule has 3 aromatic carbocycles. The molecule has 11 heteroatoms. The van der Waals surface area contributed by atoms with Gasteiger partial charge in [0.1, 0.15) is 6.42 Å². The number of hydrogen-bond acceptors (Lipinski definition) is 5. The number of nitrogens with zero attached hydrogens (tertiary/aromatic N) is 2. The lowest BCUT2D eigenvalue weighted by Crippen LogP contribution is -2.35. The fourth-order valence-electron chi connectivity index (χ4n) is 9.01. The van der Waals surface area contributed by atoms with E-state index in [0.29, 0.717) is 30.6 Å². The molecule has 366 valence electrons. The number of allylic oxidation sites excluding steroid dienone is 5. The molecule has 2 atom stereocenters. The average Bonchev–Trinajstić information content (AvgIpc) is 3.31. The Morgan fingerprint density at radius 3 is 1.84 bits per heavy atom. The minimum absolute atomic E-state index is 0.0276. The molecule has 0 saturated carbocycles. The Morgan fingerprint density at radius 2 is 1.29 bits per heavy atom. The third kappa shape index (κ3) is 14.4. The summed E-state index contributed by atoms with van der Waals surface area (Å²) in [5.74, 6) is -2.30. The van der Waals surface area contributed by atoms with Gasteiger partial charge in [0.2, 0.25) is 23.2 Å². The summed E-state index contributed by atoms with van der Waals surface area (Å²) >= 11 is 0. The predicted octanol–water partition coefficient (Wildman–Crippen LogP) is 13.2. The SMILES string of the molecule is CCCCc1ccc(N(CC(CC)CCCC)c2ccc(C3=C([O-])C(=C4C=CC(=[N+](CC(CC)CCCC)c5ccc(CCCC)cc5)C=C4NC(=O)CC(F)(F)F)C3=O)c(NC(C)=O)c2)cc1. The molecule has 2 amide bonds. The maximum Gasteiger partial charge on any atom is 0.397 e. The first kappa shape index (κ1) is 53.2. The minimum Gasteiger partial charge on any atom is -0.871 e. The number of unbranched alkanes of at least 4 members (excludes halogenated alkanes) is 4. The lowest BCUT2D eigenvalue weighted by molar-refractivity contribution is -0.448. The van der Waals surface area contributed by atoms with E-state index in [-0.39, 0.29) is 39.6 Å². The molecule has 0 fully saturated rings. The van der Waals surface area contributed by atoms with Crippen molar-refractivity contribution in [1.29, 1.82) is 0 Å². The summed E-state index contributed by atoms with van der Waals surface area (Å²) in [5.41, 5.74) is 5.77. The Kier molecular flexibility index (Phi) is 20.0. The van der Waals surface area contributed by atoms with Gasteiger partial charge in [-0.2, -0.15) is 17.7 Å². The Morgan fingerprint density at radius 1 is 0.721 bits per heavy atom. The van der Waals surface area contributed by atoms with Crippen LogP contribution in [0.15, 0.2) is 108 Å². The average molecular weight is 935 g/mol. The summed E-state index contributed by atoms with van der Waals surface area (Å²) < 4.78 is 42.9. The van der Waals surface area contributed by atoms with Crippen molar-refractivity contribution in [2.24, 2.45) is 11.8 Å². The standard InChI is InChI=1S/C57H73F3N4O4/c1-8-14-18-40(12-5)37-63(44-26-22-42(23-27-44)20-16-10-3)46-30-32-48(50(34-46)61-39(7)65)53-55(67)54(56(53)68)49-33-31-47(35-51(49)62-52(66)36-57(58,59)60)64(38-41(13-6)19-15-9-2)45-28-24-43(25-29-45)21-17-11-4/h22-35,40-41H,8-21,36-38H2,1-7H3,(H2,61,62,65,66,67,68). The van der Waals surface area contributed by atoms with E-state index in [4.69, 9.17) is 0 Å². The van der Waals surface area contributed by atoms with Crippen LogP contribution in [0.5, 0.6) is 0 Å². The highest BCUT2D eigenvalue weighted by Gasteiger charge is 2.37. The van der Waals surface area contributed by atoms with Crippen LogP contribution in [0.3, 0.4) is 0 Å². The maximum absolute atomic E-state index is 14.4. The highest BCUT2D eigenvalue weighted by atomic mass is 19.4. The number of hydrogen-bond donors (Lipinski definition) is 2. The smallest absolute Gasteiger partial charge is 0.397 e. The Labute approximate surface area is 403 Å². The van der Waals surface area contributed by atoms with Crippen molar-refractivity contribution in [2.45, 2.75) is 151 Å². The van der Waals surface area contributed by atoms with Gasteiger partial charge >= 0.3 is 6.18 Å². The summed E-state index contributed by atoms with van der Waals surface area (Å²) in [6.07, 6.45) is 12.8. The zero-order chi connectivity index (χ0) is 49.4. The van der Waals surface area contributed by atoms with Crippen molar-refractivity contribution in [3.05, 3.63) is 124 Å². The topological polar surface area (TPSA) is 105 Å². The molecule has 68 heavy (non-hydrogen) atoms. The number of amides is 2. The first-order chi connectivity index (χ1) is 32.6. The van der Waals surface area contributed by atoms with Crippen molar-refractivity contribution in [3.8, 4) is 0 Å². The Bertz CT molecular complexity index is 2370. The second-order valence-electron chi connectivity index (χ2n) is 18.5. The van der Waals surface area contributed by atoms with Gasteiger partial charge in [0.25, 0.3) is 0 Å².